The fourth-order valence-electron chi connectivity index (χ4n) is 2.49. The molecule has 1 aromatic carbocycles. The molecule has 1 atom stereocenters. The van der Waals surface area contributed by atoms with Crippen molar-refractivity contribution in [2.45, 2.75) is 31.0 Å². The number of nitrogens with zero attached hydrogens (tertiary/aromatic N) is 4. The molecule has 0 amide bonds. The van der Waals surface area contributed by atoms with E-state index in [0.717, 1.165) is 12.3 Å². The monoisotopic (exact) mass is 436 g/mol. The Balaban J connectivity index is 2.02. The average molecular weight is 436 g/mol. The Kier molecular flexibility index (Phi) is 6.30. The highest BCUT2D eigenvalue weighted by Gasteiger charge is 2.32. The molecule has 3 rings (SSSR count). The minimum Gasteiger partial charge on any atom is -0.352 e. The van der Waals surface area contributed by atoms with E-state index in [-0.39, 0.29) is 29.5 Å². The van der Waals surface area contributed by atoms with Crippen LogP contribution in [0.4, 0.5) is 30.8 Å². The maximum absolute atomic E-state index is 12.9. The molecule has 0 radical (unpaired) electrons. The number of hydrogen-bond donors (Lipinski definition) is 2. The Morgan fingerprint density at radius 2 is 1.77 bits per heavy atom. The number of aromatic nitrogens is 4. The highest BCUT2D eigenvalue weighted by Crippen LogP contribution is 2.29. The maximum atomic E-state index is 12.9. The van der Waals surface area contributed by atoms with Gasteiger partial charge in [0.1, 0.15) is 5.69 Å². The number of anilines is 3. The predicted molar refractivity (Wildman–Crippen MR) is 109 cm³/mol. The molecular weight excluding hydrogens is 417 g/mol. The quantitative estimate of drug-likeness (QED) is 0.597. The van der Waals surface area contributed by atoms with Gasteiger partial charge in [-0.3, -0.25) is 9.19 Å². The van der Waals surface area contributed by atoms with Gasteiger partial charge in [0.25, 0.3) is 0 Å². The van der Waals surface area contributed by atoms with Crippen molar-refractivity contribution >= 4 is 28.4 Å². The summed E-state index contributed by atoms with van der Waals surface area (Å²) in [7, 11) is -1.19. The topological polar surface area (TPSA) is 92.7 Å². The molecule has 2 N–H and O–H groups in total. The highest BCUT2D eigenvalue weighted by atomic mass is 32.2. The van der Waals surface area contributed by atoms with Gasteiger partial charge in [0.05, 0.1) is 0 Å². The molecule has 0 aliphatic rings. The third kappa shape index (κ3) is 5.50. The first-order valence-electron chi connectivity index (χ1n) is 8.88. The molecule has 0 fully saturated rings. The lowest BCUT2D eigenvalue weighted by Gasteiger charge is -2.13. The molecule has 158 valence electrons. The van der Waals surface area contributed by atoms with E-state index in [4.69, 9.17) is 0 Å². The molecule has 30 heavy (non-hydrogen) atoms. The summed E-state index contributed by atoms with van der Waals surface area (Å²) in [6.07, 6.45) is -1.95. The summed E-state index contributed by atoms with van der Waals surface area (Å²) >= 11 is 0. The molecule has 0 spiro atoms. The van der Waals surface area contributed by atoms with Crippen LogP contribution < -0.4 is 10.6 Å². The Bertz CT molecular complexity index is 1070. The van der Waals surface area contributed by atoms with Gasteiger partial charge in [-0.1, -0.05) is 12.1 Å². The largest absolute Gasteiger partial charge is 0.433 e. The third-order valence-corrected chi connectivity index (χ3v) is 4.70. The molecule has 1 unspecified atom stereocenters. The van der Waals surface area contributed by atoms with Crippen molar-refractivity contribution in [2.75, 3.05) is 16.9 Å². The Morgan fingerprint density at radius 1 is 1.03 bits per heavy atom. The lowest BCUT2D eigenvalue weighted by molar-refractivity contribution is -0.141. The van der Waals surface area contributed by atoms with Gasteiger partial charge in [0.2, 0.25) is 11.9 Å². The second-order valence-corrected chi connectivity index (χ2v) is 8.02. The molecule has 11 heteroatoms. The highest BCUT2D eigenvalue weighted by molar-refractivity contribution is 7.84. The molecule has 2 aromatic heterocycles. The summed E-state index contributed by atoms with van der Waals surface area (Å²) in [6.45, 7) is 3.80. The van der Waals surface area contributed by atoms with Crippen molar-refractivity contribution < 1.29 is 17.4 Å². The minimum absolute atomic E-state index is 0.0142. The molecule has 2 heterocycles. The number of nitrogens with one attached hydrogen (secondary N) is 2. The molecule has 0 bridgehead atoms. The molecule has 0 aliphatic heterocycles. The number of halogens is 3. The van der Waals surface area contributed by atoms with Crippen LogP contribution in [-0.4, -0.2) is 36.4 Å². The molecule has 0 aliphatic carbocycles. The van der Waals surface area contributed by atoms with E-state index >= 15 is 0 Å². The fourth-order valence-corrected chi connectivity index (χ4v) is 3.05. The zero-order chi connectivity index (χ0) is 21.9. The van der Waals surface area contributed by atoms with Crippen LogP contribution in [0.3, 0.4) is 0 Å². The Labute approximate surface area is 173 Å². The van der Waals surface area contributed by atoms with Crippen LogP contribution in [0.5, 0.6) is 0 Å². The lowest BCUT2D eigenvalue weighted by atomic mass is 10.2. The van der Waals surface area contributed by atoms with E-state index < -0.39 is 22.7 Å². The molecule has 0 saturated heterocycles. The summed E-state index contributed by atoms with van der Waals surface area (Å²) in [6, 6.07) is 9.18. The first-order valence-corrected chi connectivity index (χ1v) is 10.4. The first kappa shape index (κ1) is 21.6. The second-order valence-electron chi connectivity index (χ2n) is 6.64. The van der Waals surface area contributed by atoms with Gasteiger partial charge >= 0.3 is 6.18 Å². The van der Waals surface area contributed by atoms with Crippen LogP contribution in [0.25, 0.3) is 11.4 Å². The van der Waals surface area contributed by atoms with Crippen LogP contribution in [0, 0.1) is 0 Å². The normalized spacial score (nSPS) is 12.6. The SMILES string of the molecule is CC(C)Nc1nc(Nc2ccnc(C(F)(F)F)c2)nc(-c2cccc(S(C)=O)c2)n1. The van der Waals surface area contributed by atoms with Crippen molar-refractivity contribution in [1.82, 2.24) is 19.9 Å². The van der Waals surface area contributed by atoms with Crippen molar-refractivity contribution in [2.24, 2.45) is 0 Å². The van der Waals surface area contributed by atoms with Crippen LogP contribution >= 0.6 is 0 Å². The van der Waals surface area contributed by atoms with E-state index in [2.05, 4.69) is 30.6 Å². The van der Waals surface area contributed by atoms with Gasteiger partial charge in [-0.05, 0) is 38.1 Å². The predicted octanol–water partition coefficient (Wildman–Crippen LogP) is 4.25. The van der Waals surface area contributed by atoms with Crippen molar-refractivity contribution in [3.05, 3.63) is 48.3 Å². The van der Waals surface area contributed by atoms with E-state index in [1.165, 1.54) is 6.07 Å². The van der Waals surface area contributed by atoms with E-state index in [9.17, 15) is 17.4 Å². The smallest absolute Gasteiger partial charge is 0.352 e. The minimum atomic E-state index is -4.57. The van der Waals surface area contributed by atoms with E-state index in [1.54, 1.807) is 30.5 Å². The summed E-state index contributed by atoms with van der Waals surface area (Å²) < 4.78 is 50.6. The van der Waals surface area contributed by atoms with Crippen molar-refractivity contribution in [3.63, 3.8) is 0 Å². The molecule has 0 saturated carbocycles. The number of rotatable bonds is 6. The fraction of sp³-hybridized carbons (Fsp3) is 0.263. The number of benzene rings is 1. The molecule has 7 nitrogen and oxygen atoms in total. The summed E-state index contributed by atoms with van der Waals surface area (Å²) in [5.41, 5.74) is -0.292. The van der Waals surface area contributed by atoms with E-state index in [1.807, 2.05) is 13.8 Å². The Hall–Kier alpha value is -3.08. The summed E-state index contributed by atoms with van der Waals surface area (Å²) in [5, 5.41) is 5.83. The van der Waals surface area contributed by atoms with Crippen molar-refractivity contribution in [3.8, 4) is 11.4 Å². The number of alkyl halides is 3. The Morgan fingerprint density at radius 3 is 2.43 bits per heavy atom. The molecular formula is C19H19F3N6OS. The van der Waals surface area contributed by atoms with Gasteiger partial charge in [-0.15, -0.1) is 0 Å². The number of pyridine rings is 1. The lowest BCUT2D eigenvalue weighted by Crippen LogP contribution is -2.14. The average Bonchev–Trinajstić information content (AvgIpc) is 2.67. The summed E-state index contributed by atoms with van der Waals surface area (Å²) in [4.78, 5) is 16.9. The van der Waals surface area contributed by atoms with Crippen LogP contribution in [0.1, 0.15) is 19.5 Å². The third-order valence-electron chi connectivity index (χ3n) is 3.78. The van der Waals surface area contributed by atoms with Crippen LogP contribution in [-0.2, 0) is 17.0 Å². The zero-order valence-corrected chi connectivity index (χ0v) is 17.2. The molecule has 3 aromatic rings. The van der Waals surface area contributed by atoms with Gasteiger partial charge in [-0.2, -0.15) is 28.1 Å². The zero-order valence-electron chi connectivity index (χ0n) is 16.4. The standard InChI is InChI=1S/C19H19F3N6OS/c1-11(2)24-17-26-16(12-5-4-6-14(9-12)30(3)29)27-18(28-17)25-13-7-8-23-15(10-13)19(20,21)22/h4-11H,1-3H3,(H2,23,24,25,26,27,28). The van der Waals surface area contributed by atoms with Crippen LogP contribution in [0.2, 0.25) is 0 Å². The second kappa shape index (κ2) is 8.74. The van der Waals surface area contributed by atoms with Crippen LogP contribution in [0.15, 0.2) is 47.5 Å². The number of hydrogen-bond acceptors (Lipinski definition) is 7. The van der Waals surface area contributed by atoms with Crippen molar-refractivity contribution in [1.29, 1.82) is 0 Å². The van der Waals surface area contributed by atoms with E-state index in [0.29, 0.717) is 10.5 Å². The first-order chi connectivity index (χ1) is 14.1. The van der Waals surface area contributed by atoms with Gasteiger partial charge in [0.15, 0.2) is 5.82 Å². The summed E-state index contributed by atoms with van der Waals surface area (Å²) in [5.74, 6) is 0.601. The maximum Gasteiger partial charge on any atom is 0.433 e. The van der Waals surface area contributed by atoms with Gasteiger partial charge < -0.3 is 10.6 Å². The van der Waals surface area contributed by atoms with Gasteiger partial charge in [0, 0.05) is 45.4 Å². The van der Waals surface area contributed by atoms with Gasteiger partial charge in [-0.25, -0.2) is 0 Å².